The molecule has 1 fully saturated rings. The van der Waals surface area contributed by atoms with Crippen molar-refractivity contribution in [3.63, 3.8) is 0 Å². The molecule has 108 valence electrons. The molecule has 1 saturated heterocycles. The number of nitrogens with two attached hydrogens (primary N) is 1. The molecular weight excluding hydrogens is 256 g/mol. The van der Waals surface area contributed by atoms with Crippen LogP contribution in [-0.2, 0) is 14.9 Å². The second-order valence-corrected chi connectivity index (χ2v) is 5.26. The van der Waals surface area contributed by atoms with Crippen molar-refractivity contribution < 1.29 is 14.3 Å². The fourth-order valence-electron chi connectivity index (χ4n) is 2.77. The van der Waals surface area contributed by atoms with Gasteiger partial charge in [-0.15, -0.1) is 0 Å². The third kappa shape index (κ3) is 3.10. The normalized spacial score (nSPS) is 17.6. The number of carbonyl (C=O) groups is 2. The van der Waals surface area contributed by atoms with E-state index in [1.165, 1.54) is 0 Å². The summed E-state index contributed by atoms with van der Waals surface area (Å²) < 4.78 is 5.07. The fraction of sp³-hybridized carbons (Fsp3) is 0.467. The van der Waals surface area contributed by atoms with Crippen LogP contribution in [0.5, 0.6) is 0 Å². The smallest absolute Gasteiger partial charge is 0.404 e. The van der Waals surface area contributed by atoms with Gasteiger partial charge in [-0.1, -0.05) is 30.3 Å². The Kier molecular flexibility index (Phi) is 4.27. The van der Waals surface area contributed by atoms with E-state index in [4.69, 9.17) is 10.5 Å². The van der Waals surface area contributed by atoms with Crippen LogP contribution in [0.1, 0.15) is 25.3 Å². The molecule has 1 aliphatic rings. The van der Waals surface area contributed by atoms with E-state index in [0.717, 1.165) is 18.4 Å². The predicted molar refractivity (Wildman–Crippen MR) is 75.1 cm³/mol. The Morgan fingerprint density at radius 1 is 1.25 bits per heavy atom. The first kappa shape index (κ1) is 14.4. The van der Waals surface area contributed by atoms with E-state index in [2.05, 4.69) is 0 Å². The van der Waals surface area contributed by atoms with Crippen LogP contribution in [0.25, 0.3) is 0 Å². The van der Waals surface area contributed by atoms with Crippen LogP contribution in [0.15, 0.2) is 30.3 Å². The van der Waals surface area contributed by atoms with Gasteiger partial charge in [0.1, 0.15) is 6.61 Å². The molecule has 1 aromatic rings. The molecule has 1 aliphatic heterocycles. The Balaban J connectivity index is 2.18. The standard InChI is InChI=1S/C15H20N2O3/c1-12(18)17-9-7-15(8-10-17,11-20-14(16)19)13-5-3-2-4-6-13/h2-6H,7-11H2,1H3,(H2,16,19). The monoisotopic (exact) mass is 276 g/mol. The summed E-state index contributed by atoms with van der Waals surface area (Å²) in [6.07, 6.45) is 0.780. The first-order valence-electron chi connectivity index (χ1n) is 6.77. The van der Waals surface area contributed by atoms with E-state index >= 15 is 0 Å². The summed E-state index contributed by atoms with van der Waals surface area (Å²) in [5.74, 6) is 0.0856. The minimum atomic E-state index is -0.755. The number of likely N-dealkylation sites (tertiary alicyclic amines) is 1. The molecule has 0 unspecified atom stereocenters. The molecule has 20 heavy (non-hydrogen) atoms. The molecule has 2 amide bonds. The molecule has 0 saturated carbocycles. The van der Waals surface area contributed by atoms with Crippen molar-refractivity contribution in [3.05, 3.63) is 35.9 Å². The number of amides is 2. The van der Waals surface area contributed by atoms with E-state index in [1.54, 1.807) is 6.92 Å². The number of hydrogen-bond acceptors (Lipinski definition) is 3. The van der Waals surface area contributed by atoms with Crippen LogP contribution in [-0.4, -0.2) is 36.6 Å². The molecule has 1 heterocycles. The Morgan fingerprint density at radius 2 is 1.85 bits per heavy atom. The van der Waals surface area contributed by atoms with Gasteiger partial charge in [0.25, 0.3) is 0 Å². The highest BCUT2D eigenvalue weighted by Gasteiger charge is 2.38. The van der Waals surface area contributed by atoms with Crippen LogP contribution in [0, 0.1) is 0 Å². The van der Waals surface area contributed by atoms with E-state index in [9.17, 15) is 9.59 Å². The van der Waals surface area contributed by atoms with Gasteiger partial charge >= 0.3 is 6.09 Å². The second kappa shape index (κ2) is 5.94. The largest absolute Gasteiger partial charge is 0.449 e. The molecule has 5 nitrogen and oxygen atoms in total. The van der Waals surface area contributed by atoms with Gasteiger partial charge in [-0.05, 0) is 18.4 Å². The van der Waals surface area contributed by atoms with E-state index in [1.807, 2.05) is 35.2 Å². The van der Waals surface area contributed by atoms with Gasteiger partial charge in [-0.2, -0.15) is 0 Å². The molecule has 0 spiro atoms. The summed E-state index contributed by atoms with van der Waals surface area (Å²) in [5, 5.41) is 0. The molecule has 2 rings (SSSR count). The first-order chi connectivity index (χ1) is 9.53. The van der Waals surface area contributed by atoms with Gasteiger partial charge in [0.05, 0.1) is 0 Å². The zero-order chi connectivity index (χ0) is 14.6. The lowest BCUT2D eigenvalue weighted by atomic mass is 9.73. The van der Waals surface area contributed by atoms with Crippen LogP contribution in [0.3, 0.4) is 0 Å². The highest BCUT2D eigenvalue weighted by atomic mass is 16.5. The number of hydrogen-bond donors (Lipinski definition) is 1. The summed E-state index contributed by atoms with van der Waals surface area (Å²) in [4.78, 5) is 24.2. The maximum Gasteiger partial charge on any atom is 0.404 e. The minimum absolute atomic E-state index is 0.0856. The average Bonchev–Trinajstić information content (AvgIpc) is 2.46. The Labute approximate surface area is 118 Å². The van der Waals surface area contributed by atoms with Gasteiger partial charge in [0.15, 0.2) is 0 Å². The predicted octanol–water partition coefficient (Wildman–Crippen LogP) is 1.66. The number of primary amides is 1. The molecule has 2 N–H and O–H groups in total. The summed E-state index contributed by atoms with van der Waals surface area (Å²) >= 11 is 0. The number of benzene rings is 1. The number of rotatable bonds is 3. The van der Waals surface area contributed by atoms with Gasteiger partial charge in [-0.25, -0.2) is 4.79 Å². The molecule has 0 aliphatic carbocycles. The maximum atomic E-state index is 11.4. The molecule has 0 aromatic heterocycles. The van der Waals surface area contributed by atoms with Gasteiger partial charge < -0.3 is 15.4 Å². The van der Waals surface area contributed by atoms with Gasteiger partial charge in [0.2, 0.25) is 5.91 Å². The average molecular weight is 276 g/mol. The van der Waals surface area contributed by atoms with E-state index in [0.29, 0.717) is 13.1 Å². The lowest BCUT2D eigenvalue weighted by Gasteiger charge is -2.41. The van der Waals surface area contributed by atoms with Gasteiger partial charge in [-0.3, -0.25) is 4.79 Å². The highest BCUT2D eigenvalue weighted by molar-refractivity contribution is 5.73. The van der Waals surface area contributed by atoms with E-state index < -0.39 is 6.09 Å². The van der Waals surface area contributed by atoms with Crippen LogP contribution >= 0.6 is 0 Å². The number of piperidine rings is 1. The van der Waals surface area contributed by atoms with Crippen molar-refractivity contribution in [1.29, 1.82) is 0 Å². The number of nitrogens with zero attached hydrogens (tertiary/aromatic N) is 1. The molecule has 0 bridgehead atoms. The number of ether oxygens (including phenoxy) is 1. The van der Waals surface area contributed by atoms with E-state index in [-0.39, 0.29) is 17.9 Å². The van der Waals surface area contributed by atoms with Gasteiger partial charge in [0, 0.05) is 25.4 Å². The summed E-state index contributed by atoms with van der Waals surface area (Å²) in [7, 11) is 0. The first-order valence-corrected chi connectivity index (χ1v) is 6.77. The maximum absolute atomic E-state index is 11.4. The Morgan fingerprint density at radius 3 is 2.35 bits per heavy atom. The quantitative estimate of drug-likeness (QED) is 0.912. The van der Waals surface area contributed by atoms with Crippen molar-refractivity contribution in [3.8, 4) is 0 Å². The summed E-state index contributed by atoms with van der Waals surface area (Å²) in [6, 6.07) is 9.97. The molecule has 1 aromatic carbocycles. The van der Waals surface area contributed by atoms with Crippen LogP contribution in [0.2, 0.25) is 0 Å². The fourth-order valence-corrected chi connectivity index (χ4v) is 2.77. The topological polar surface area (TPSA) is 72.6 Å². The Hall–Kier alpha value is -2.04. The third-order valence-corrected chi connectivity index (χ3v) is 4.04. The lowest BCUT2D eigenvalue weighted by Crippen LogP contribution is -2.47. The van der Waals surface area contributed by atoms with Crippen molar-refractivity contribution in [2.24, 2.45) is 5.73 Å². The molecule has 5 heteroatoms. The van der Waals surface area contributed by atoms with Crippen molar-refractivity contribution in [1.82, 2.24) is 4.90 Å². The molecule has 0 atom stereocenters. The van der Waals surface area contributed by atoms with Crippen molar-refractivity contribution in [2.75, 3.05) is 19.7 Å². The van der Waals surface area contributed by atoms with Crippen molar-refractivity contribution in [2.45, 2.75) is 25.2 Å². The Bertz CT molecular complexity index is 479. The second-order valence-electron chi connectivity index (χ2n) is 5.26. The van der Waals surface area contributed by atoms with Crippen LogP contribution in [0.4, 0.5) is 4.79 Å². The number of carbonyl (C=O) groups excluding carboxylic acids is 2. The third-order valence-electron chi connectivity index (χ3n) is 4.04. The molecular formula is C15H20N2O3. The zero-order valence-corrected chi connectivity index (χ0v) is 11.7. The van der Waals surface area contributed by atoms with Crippen LogP contribution < -0.4 is 5.73 Å². The summed E-state index contributed by atoms with van der Waals surface area (Å²) in [5.41, 5.74) is 5.98. The molecule has 0 radical (unpaired) electrons. The highest BCUT2D eigenvalue weighted by Crippen LogP contribution is 2.35. The SMILES string of the molecule is CC(=O)N1CCC(COC(N)=O)(c2ccccc2)CC1. The minimum Gasteiger partial charge on any atom is -0.449 e. The summed E-state index contributed by atoms with van der Waals surface area (Å²) in [6.45, 7) is 3.19. The van der Waals surface area contributed by atoms with Crippen molar-refractivity contribution >= 4 is 12.0 Å². The lowest BCUT2D eigenvalue weighted by molar-refractivity contribution is -0.130. The zero-order valence-electron chi connectivity index (χ0n) is 11.7.